The first-order chi connectivity index (χ1) is 19.9. The highest BCUT2D eigenvalue weighted by Gasteiger charge is 2.20. The number of carbonyl (C=O) groups excluding carboxylic acids is 1. The van der Waals surface area contributed by atoms with Crippen molar-refractivity contribution in [1.29, 1.82) is 0 Å². The maximum Gasteiger partial charge on any atom is 0.335 e. The van der Waals surface area contributed by atoms with Crippen molar-refractivity contribution in [1.82, 2.24) is 14.7 Å². The fourth-order valence-corrected chi connectivity index (χ4v) is 5.18. The lowest BCUT2D eigenvalue weighted by molar-refractivity contribution is 0.0696. The van der Waals surface area contributed by atoms with E-state index in [1.807, 2.05) is 78.2 Å². The number of hydrogen-bond acceptors (Lipinski definition) is 3. The van der Waals surface area contributed by atoms with E-state index in [2.05, 4.69) is 10.3 Å². The fourth-order valence-electron chi connectivity index (χ4n) is 5.18. The van der Waals surface area contributed by atoms with Crippen LogP contribution in [0.25, 0.3) is 27.4 Å². The van der Waals surface area contributed by atoms with Gasteiger partial charge < -0.3 is 14.8 Å². The molecule has 2 N–H and O–H groups in total. The Morgan fingerprint density at radius 3 is 2.41 bits per heavy atom. The lowest BCUT2D eigenvalue weighted by atomic mass is 10.00. The summed E-state index contributed by atoms with van der Waals surface area (Å²) in [6, 6.07) is 28.5. The third kappa shape index (κ3) is 5.17. The van der Waals surface area contributed by atoms with Crippen LogP contribution in [0.3, 0.4) is 0 Å². The third-order valence-corrected chi connectivity index (χ3v) is 7.30. The van der Waals surface area contributed by atoms with Crippen LogP contribution < -0.4 is 5.32 Å². The van der Waals surface area contributed by atoms with Crippen molar-refractivity contribution in [2.45, 2.75) is 19.4 Å². The summed E-state index contributed by atoms with van der Waals surface area (Å²) in [5.41, 5.74) is 5.25. The van der Waals surface area contributed by atoms with E-state index in [1.165, 1.54) is 18.2 Å². The Bertz CT molecular complexity index is 1910. The SMILES string of the molecule is C[C@H](NC(=O)c1cc(-c2ccccc2)cn2cnc(Cc3cc(F)c4ccccc4c3)c12)c1ccc(C(=O)O)cc1. The number of carbonyl (C=O) groups is 2. The molecule has 41 heavy (non-hydrogen) atoms. The van der Waals surface area contributed by atoms with Crippen molar-refractivity contribution in [3.63, 3.8) is 0 Å². The zero-order chi connectivity index (χ0) is 28.5. The van der Waals surface area contributed by atoms with Crippen LogP contribution >= 0.6 is 0 Å². The minimum Gasteiger partial charge on any atom is -0.478 e. The number of aromatic carboxylic acids is 1. The number of hydrogen-bond donors (Lipinski definition) is 2. The van der Waals surface area contributed by atoms with Gasteiger partial charge in [-0.3, -0.25) is 4.79 Å². The normalized spacial score (nSPS) is 12.0. The summed E-state index contributed by atoms with van der Waals surface area (Å²) in [6.45, 7) is 1.85. The molecular weight excluding hydrogens is 517 g/mol. The average molecular weight is 544 g/mol. The second-order valence-corrected chi connectivity index (χ2v) is 10.1. The molecule has 0 bridgehead atoms. The molecule has 7 heteroatoms. The fraction of sp³-hybridized carbons (Fsp3) is 0.0882. The average Bonchev–Trinajstić information content (AvgIpc) is 3.39. The van der Waals surface area contributed by atoms with Gasteiger partial charge in [-0.15, -0.1) is 0 Å². The molecule has 0 radical (unpaired) electrons. The molecule has 1 amide bonds. The number of amides is 1. The van der Waals surface area contributed by atoms with Crippen LogP contribution in [-0.2, 0) is 6.42 Å². The van der Waals surface area contributed by atoms with E-state index in [0.29, 0.717) is 28.6 Å². The van der Waals surface area contributed by atoms with E-state index in [1.54, 1.807) is 24.5 Å². The predicted octanol–water partition coefficient (Wildman–Crippen LogP) is 7.07. The second-order valence-electron chi connectivity index (χ2n) is 10.1. The summed E-state index contributed by atoms with van der Waals surface area (Å²) < 4.78 is 16.7. The number of benzene rings is 4. The van der Waals surface area contributed by atoms with Crippen molar-refractivity contribution in [2.75, 3.05) is 0 Å². The molecule has 0 saturated carbocycles. The Labute approximate surface area is 235 Å². The molecule has 2 aromatic heterocycles. The molecule has 0 spiro atoms. The van der Waals surface area contributed by atoms with E-state index in [4.69, 9.17) is 0 Å². The lowest BCUT2D eigenvalue weighted by Gasteiger charge is -2.16. The number of pyridine rings is 1. The summed E-state index contributed by atoms with van der Waals surface area (Å²) in [5, 5.41) is 13.6. The van der Waals surface area contributed by atoms with Crippen LogP contribution in [0, 0.1) is 5.82 Å². The summed E-state index contributed by atoms with van der Waals surface area (Å²) in [6.07, 6.45) is 3.96. The molecule has 0 aliphatic rings. The number of rotatable bonds is 7. The van der Waals surface area contributed by atoms with Gasteiger partial charge in [0, 0.05) is 18.0 Å². The van der Waals surface area contributed by atoms with Crippen molar-refractivity contribution >= 4 is 28.2 Å². The first-order valence-electron chi connectivity index (χ1n) is 13.2. The number of halogens is 1. The maximum atomic E-state index is 14.9. The van der Waals surface area contributed by atoms with Gasteiger partial charge >= 0.3 is 5.97 Å². The minimum atomic E-state index is -1.01. The molecular formula is C34H26FN3O3. The van der Waals surface area contributed by atoms with Crippen LogP contribution in [0.1, 0.15) is 50.5 Å². The first kappa shape index (κ1) is 26.0. The van der Waals surface area contributed by atoms with Crippen LogP contribution in [0.15, 0.2) is 110 Å². The Morgan fingerprint density at radius 2 is 1.66 bits per heavy atom. The van der Waals surface area contributed by atoms with Gasteiger partial charge in [0.25, 0.3) is 5.91 Å². The van der Waals surface area contributed by atoms with E-state index in [-0.39, 0.29) is 23.3 Å². The van der Waals surface area contributed by atoms with Crippen LogP contribution in [0.4, 0.5) is 4.39 Å². The van der Waals surface area contributed by atoms with Crippen molar-refractivity contribution < 1.29 is 19.1 Å². The smallest absolute Gasteiger partial charge is 0.335 e. The van der Waals surface area contributed by atoms with Crippen LogP contribution in [0.5, 0.6) is 0 Å². The molecule has 1 atom stereocenters. The number of aromatic nitrogens is 2. The van der Waals surface area contributed by atoms with E-state index >= 15 is 0 Å². The molecule has 6 aromatic rings. The number of imidazole rings is 1. The zero-order valence-corrected chi connectivity index (χ0v) is 22.2. The molecule has 4 aromatic carbocycles. The standard InChI is InChI=1S/C34H26FN3O3/c1-21(23-11-13-25(14-12-23)34(40)41)37-33(39)29-18-27(24-7-3-2-4-8-24)19-38-20-36-31(32(29)38)17-22-15-26-9-5-6-10-28(26)30(35)16-22/h2-16,18-21H,17H2,1H3,(H,37,39)(H,40,41)/t21-/m0/s1. The maximum absolute atomic E-state index is 14.9. The largest absolute Gasteiger partial charge is 0.478 e. The van der Waals surface area contributed by atoms with Crippen molar-refractivity contribution in [2.24, 2.45) is 0 Å². The molecule has 6 rings (SSSR count). The monoisotopic (exact) mass is 543 g/mol. The summed E-state index contributed by atoms with van der Waals surface area (Å²) in [5.74, 6) is -1.60. The van der Waals surface area contributed by atoms with Crippen molar-refractivity contribution in [3.8, 4) is 11.1 Å². The number of nitrogens with zero attached hydrogens (tertiary/aromatic N) is 2. The van der Waals surface area contributed by atoms with Gasteiger partial charge in [0.05, 0.1) is 34.7 Å². The number of carboxylic acids is 1. The van der Waals surface area contributed by atoms with Crippen LogP contribution in [-0.4, -0.2) is 26.4 Å². The van der Waals surface area contributed by atoms with Gasteiger partial charge in [-0.25, -0.2) is 14.2 Å². The molecule has 6 nitrogen and oxygen atoms in total. The molecule has 0 aliphatic carbocycles. The van der Waals surface area contributed by atoms with Gasteiger partial charge in [0.1, 0.15) is 5.82 Å². The van der Waals surface area contributed by atoms with Gasteiger partial charge in [-0.2, -0.15) is 0 Å². The molecule has 0 fully saturated rings. The molecule has 202 valence electrons. The summed E-state index contributed by atoms with van der Waals surface area (Å²) >= 11 is 0. The highest BCUT2D eigenvalue weighted by Crippen LogP contribution is 2.28. The Kier molecular flexibility index (Phi) is 6.77. The quantitative estimate of drug-likeness (QED) is 0.226. The van der Waals surface area contributed by atoms with E-state index in [0.717, 1.165) is 27.6 Å². The number of carboxylic acid groups (broad SMARTS) is 1. The lowest BCUT2D eigenvalue weighted by Crippen LogP contribution is -2.27. The van der Waals surface area contributed by atoms with Crippen LogP contribution in [0.2, 0.25) is 0 Å². The predicted molar refractivity (Wildman–Crippen MR) is 157 cm³/mol. The number of fused-ring (bicyclic) bond motifs is 2. The molecule has 2 heterocycles. The molecule has 0 unspecified atom stereocenters. The Hall–Kier alpha value is -5.30. The summed E-state index contributed by atoms with van der Waals surface area (Å²) in [4.78, 5) is 29.7. The molecule has 0 saturated heterocycles. The second kappa shape index (κ2) is 10.7. The topological polar surface area (TPSA) is 83.7 Å². The third-order valence-electron chi connectivity index (χ3n) is 7.30. The highest BCUT2D eigenvalue weighted by atomic mass is 19.1. The van der Waals surface area contributed by atoms with Gasteiger partial charge in [-0.1, -0.05) is 72.8 Å². The van der Waals surface area contributed by atoms with E-state index < -0.39 is 5.97 Å². The van der Waals surface area contributed by atoms with Gasteiger partial charge in [0.2, 0.25) is 0 Å². The van der Waals surface area contributed by atoms with Gasteiger partial charge in [0.15, 0.2) is 0 Å². The Balaban J connectivity index is 1.40. The van der Waals surface area contributed by atoms with E-state index in [9.17, 15) is 19.1 Å². The summed E-state index contributed by atoms with van der Waals surface area (Å²) in [7, 11) is 0. The molecule has 0 aliphatic heterocycles. The first-order valence-corrected chi connectivity index (χ1v) is 13.2. The number of nitrogens with one attached hydrogen (secondary N) is 1. The highest BCUT2D eigenvalue weighted by molar-refractivity contribution is 6.03. The minimum absolute atomic E-state index is 0.179. The Morgan fingerprint density at radius 1 is 0.927 bits per heavy atom. The van der Waals surface area contributed by atoms with Crippen molar-refractivity contribution in [3.05, 3.63) is 143 Å². The zero-order valence-electron chi connectivity index (χ0n) is 22.2. The van der Waals surface area contributed by atoms with Gasteiger partial charge in [-0.05, 0) is 58.8 Å².